The minimum Gasteiger partial charge on any atom is -0.460 e. The fourth-order valence-electron chi connectivity index (χ4n) is 3.80. The molecule has 0 aromatic carbocycles. The van der Waals surface area contributed by atoms with Crippen LogP contribution in [0.1, 0.15) is 27.2 Å². The van der Waals surface area contributed by atoms with Crippen LogP contribution >= 0.6 is 0 Å². The third kappa shape index (κ3) is 3.59. The van der Waals surface area contributed by atoms with Gasteiger partial charge in [-0.25, -0.2) is 4.79 Å². The minimum atomic E-state index is -2.22. The third-order valence-electron chi connectivity index (χ3n) is 6.13. The number of rotatable bonds is 0. The summed E-state index contributed by atoms with van der Waals surface area (Å²) in [5.41, 5.74) is -3.35. The second-order valence-corrected chi connectivity index (χ2v) is 7.89. The maximum absolute atomic E-state index is 12.4. The smallest absolute Gasteiger partial charge is 0.341 e. The predicted molar refractivity (Wildman–Crippen MR) is 100 cm³/mol. The molecule has 2 saturated heterocycles. The highest BCUT2D eigenvalue weighted by Gasteiger charge is 2.56. The molecule has 1 aromatic rings. The van der Waals surface area contributed by atoms with Crippen molar-refractivity contribution in [2.45, 2.75) is 50.5 Å². The molecule has 5 atom stereocenters. The van der Waals surface area contributed by atoms with Gasteiger partial charge in [0.15, 0.2) is 5.60 Å². The highest BCUT2D eigenvalue weighted by Crippen LogP contribution is 2.36. The van der Waals surface area contributed by atoms with E-state index >= 15 is 0 Å². The number of aromatic amines is 1. The van der Waals surface area contributed by atoms with Crippen molar-refractivity contribution in [1.29, 1.82) is 0 Å². The second kappa shape index (κ2) is 7.69. The molecule has 0 aliphatic carbocycles. The van der Waals surface area contributed by atoms with Crippen LogP contribution in [0.2, 0.25) is 0 Å². The Hall–Kier alpha value is -2.16. The maximum Gasteiger partial charge on any atom is 0.341 e. The van der Waals surface area contributed by atoms with E-state index in [0.29, 0.717) is 6.42 Å². The van der Waals surface area contributed by atoms with Gasteiger partial charge in [0.2, 0.25) is 0 Å². The average molecular weight is 392 g/mol. The zero-order chi connectivity index (χ0) is 20.5. The van der Waals surface area contributed by atoms with Crippen molar-refractivity contribution in [1.82, 2.24) is 9.88 Å². The van der Waals surface area contributed by atoms with E-state index in [-0.39, 0.29) is 18.8 Å². The lowest BCUT2D eigenvalue weighted by atomic mass is 9.76. The number of aliphatic hydroxyl groups is 2. The van der Waals surface area contributed by atoms with Crippen molar-refractivity contribution in [3.8, 4) is 0 Å². The second-order valence-electron chi connectivity index (χ2n) is 7.89. The lowest BCUT2D eigenvalue weighted by Gasteiger charge is -2.39. The molecule has 3 aliphatic rings. The number of nitrogens with zero attached hydrogens (tertiary/aromatic N) is 1. The van der Waals surface area contributed by atoms with E-state index in [1.54, 1.807) is 0 Å². The van der Waals surface area contributed by atoms with E-state index in [2.05, 4.69) is 9.88 Å². The molecule has 0 radical (unpaired) electrons. The molecule has 0 unspecified atom stereocenters. The number of aromatic nitrogens is 1. The number of H-pyrrole nitrogens is 1. The van der Waals surface area contributed by atoms with Crippen molar-refractivity contribution in [2.24, 2.45) is 5.92 Å². The summed E-state index contributed by atoms with van der Waals surface area (Å²) in [4.78, 5) is 29.8. The van der Waals surface area contributed by atoms with Crippen molar-refractivity contribution < 1.29 is 29.3 Å². The fraction of sp³-hybridized carbons (Fsp3) is 0.600. The molecule has 1 aromatic heterocycles. The fourth-order valence-corrected chi connectivity index (χ4v) is 3.80. The van der Waals surface area contributed by atoms with E-state index in [0.717, 1.165) is 25.6 Å². The van der Waals surface area contributed by atoms with E-state index in [9.17, 15) is 19.8 Å². The molecule has 0 spiro atoms. The number of carbonyl (C=O) groups excluding carboxylic acids is 2. The number of ether oxygens (including phenoxy) is 2. The first kappa shape index (κ1) is 20.6. The number of hydrogen-bond donors (Lipinski definition) is 3. The highest BCUT2D eigenvalue weighted by atomic mass is 16.6. The molecular weight excluding hydrogens is 364 g/mol. The zero-order valence-electron chi connectivity index (χ0n) is 16.4. The van der Waals surface area contributed by atoms with Crippen LogP contribution in [-0.2, 0) is 19.1 Å². The standard InChI is InChI=1S/C16H23NO6.C4H5N/c1-9-13(18)23-11-5-7-17-6-4-10(12(11)17)8-22-14(19)16(3,21)15(9,2)20;1-2-4-5-3-1/h4,9,11-12,20-21H,5-8H2,1-3H3;1-5H/t9-,11+,12+,15+,16-;/m0./s1. The van der Waals surface area contributed by atoms with Gasteiger partial charge in [0.05, 0.1) is 12.0 Å². The van der Waals surface area contributed by atoms with Crippen molar-refractivity contribution in [3.05, 3.63) is 36.2 Å². The Labute approximate surface area is 164 Å². The molecule has 4 heterocycles. The molecule has 154 valence electrons. The predicted octanol–water partition coefficient (Wildman–Crippen LogP) is 0.622. The van der Waals surface area contributed by atoms with Crippen molar-refractivity contribution in [3.63, 3.8) is 0 Å². The van der Waals surface area contributed by atoms with Gasteiger partial charge >= 0.3 is 11.9 Å². The van der Waals surface area contributed by atoms with Crippen molar-refractivity contribution >= 4 is 11.9 Å². The van der Waals surface area contributed by atoms with Gasteiger partial charge in [0.1, 0.15) is 18.3 Å². The largest absolute Gasteiger partial charge is 0.460 e. The Bertz CT molecular complexity index is 723. The Morgan fingerprint density at radius 2 is 1.89 bits per heavy atom. The topological polar surface area (TPSA) is 112 Å². The van der Waals surface area contributed by atoms with E-state index in [4.69, 9.17) is 9.47 Å². The SMILES string of the molecule is C[C@H]1C(=O)O[C@@H]2CCN3CC=C(COC(=O)[C@](C)(O)[C@]1(C)O)[C@H]23.c1cc[nH]c1. The first-order valence-electron chi connectivity index (χ1n) is 9.49. The number of nitrogens with one attached hydrogen (secondary N) is 1. The van der Waals surface area contributed by atoms with Crippen LogP contribution in [0, 0.1) is 5.92 Å². The molecule has 0 amide bonds. The molecular formula is C20H28N2O6. The number of carbonyl (C=O) groups is 2. The zero-order valence-corrected chi connectivity index (χ0v) is 16.4. The van der Waals surface area contributed by atoms with Crippen LogP contribution in [0.15, 0.2) is 36.2 Å². The Balaban J connectivity index is 0.000000391. The molecule has 3 aliphatic heterocycles. The van der Waals surface area contributed by atoms with E-state index in [1.807, 2.05) is 30.6 Å². The van der Waals surface area contributed by atoms with E-state index in [1.165, 1.54) is 13.8 Å². The summed E-state index contributed by atoms with van der Waals surface area (Å²) in [6.45, 7) is 5.41. The van der Waals surface area contributed by atoms with Gasteiger partial charge in [0, 0.05) is 25.5 Å². The molecule has 8 nitrogen and oxygen atoms in total. The number of hydrogen-bond acceptors (Lipinski definition) is 7. The molecule has 4 rings (SSSR count). The van der Waals surface area contributed by atoms with Gasteiger partial charge in [-0.3, -0.25) is 9.69 Å². The molecule has 2 fully saturated rings. The van der Waals surface area contributed by atoms with E-state index < -0.39 is 29.1 Å². The molecule has 8 heteroatoms. The Kier molecular flexibility index (Phi) is 5.65. The van der Waals surface area contributed by atoms with Crippen LogP contribution in [0.5, 0.6) is 0 Å². The number of cyclic esters (lactones) is 1. The van der Waals surface area contributed by atoms with Crippen LogP contribution in [-0.4, -0.2) is 75.1 Å². The summed E-state index contributed by atoms with van der Waals surface area (Å²) in [7, 11) is 0. The number of esters is 2. The van der Waals surface area contributed by atoms with Crippen LogP contribution < -0.4 is 0 Å². The van der Waals surface area contributed by atoms with Gasteiger partial charge < -0.3 is 24.7 Å². The van der Waals surface area contributed by atoms with Crippen molar-refractivity contribution in [2.75, 3.05) is 19.7 Å². The molecule has 28 heavy (non-hydrogen) atoms. The highest BCUT2D eigenvalue weighted by molar-refractivity contribution is 5.83. The summed E-state index contributed by atoms with van der Waals surface area (Å²) < 4.78 is 10.8. The lowest BCUT2D eigenvalue weighted by Crippen LogP contribution is -2.61. The minimum absolute atomic E-state index is 0.0225. The van der Waals surface area contributed by atoms with Gasteiger partial charge in [0.25, 0.3) is 0 Å². The van der Waals surface area contributed by atoms with Gasteiger partial charge in [-0.05, 0) is 44.9 Å². The Morgan fingerprint density at radius 3 is 2.50 bits per heavy atom. The van der Waals surface area contributed by atoms with Crippen LogP contribution in [0.4, 0.5) is 0 Å². The van der Waals surface area contributed by atoms with Gasteiger partial charge in [-0.15, -0.1) is 0 Å². The lowest BCUT2D eigenvalue weighted by molar-refractivity contribution is -0.205. The monoisotopic (exact) mass is 392 g/mol. The first-order chi connectivity index (χ1) is 13.2. The summed E-state index contributed by atoms with van der Waals surface area (Å²) in [5.74, 6) is -2.65. The molecule has 0 saturated carbocycles. The normalized spacial score (nSPS) is 38.3. The summed E-state index contributed by atoms with van der Waals surface area (Å²) in [5, 5.41) is 21.1. The summed E-state index contributed by atoms with van der Waals surface area (Å²) >= 11 is 0. The van der Waals surface area contributed by atoms with Gasteiger partial charge in [-0.2, -0.15) is 0 Å². The third-order valence-corrected chi connectivity index (χ3v) is 6.13. The van der Waals surface area contributed by atoms with Crippen LogP contribution in [0.25, 0.3) is 0 Å². The molecule has 3 N–H and O–H groups in total. The molecule has 0 bridgehead atoms. The Morgan fingerprint density at radius 1 is 1.21 bits per heavy atom. The first-order valence-corrected chi connectivity index (χ1v) is 9.49. The van der Waals surface area contributed by atoms with Gasteiger partial charge in [-0.1, -0.05) is 6.08 Å². The maximum atomic E-state index is 12.4. The summed E-state index contributed by atoms with van der Waals surface area (Å²) in [6, 6.07) is 3.80. The summed E-state index contributed by atoms with van der Waals surface area (Å²) in [6.07, 6.45) is 6.09. The quantitative estimate of drug-likeness (QED) is 0.438. The average Bonchev–Trinajstić information content (AvgIpc) is 3.39. The van der Waals surface area contributed by atoms with Crippen LogP contribution in [0.3, 0.4) is 0 Å².